The zero-order valence-corrected chi connectivity index (χ0v) is 21.9. The van der Waals surface area contributed by atoms with Gasteiger partial charge in [-0.1, -0.05) is 115 Å². The summed E-state index contributed by atoms with van der Waals surface area (Å²) in [7, 11) is 1.72. The smallest absolute Gasteiger partial charge is 0.126 e. The lowest BCUT2D eigenvalue weighted by Gasteiger charge is -2.26. The van der Waals surface area contributed by atoms with Gasteiger partial charge in [0.15, 0.2) is 0 Å². The van der Waals surface area contributed by atoms with Gasteiger partial charge < -0.3 is 9.64 Å². The Kier molecular flexibility index (Phi) is 6.92. The van der Waals surface area contributed by atoms with Crippen LogP contribution in [-0.2, 0) is 0 Å². The summed E-state index contributed by atoms with van der Waals surface area (Å²) in [5, 5.41) is 0. The van der Waals surface area contributed by atoms with Crippen molar-refractivity contribution in [2.75, 3.05) is 12.0 Å². The summed E-state index contributed by atoms with van der Waals surface area (Å²) >= 11 is 0. The van der Waals surface area contributed by atoms with Crippen LogP contribution in [0.1, 0.15) is 0 Å². The van der Waals surface area contributed by atoms with E-state index in [1.807, 2.05) is 30.3 Å². The largest absolute Gasteiger partial charge is 0.496 e. The second-order valence-corrected chi connectivity index (χ2v) is 9.41. The lowest BCUT2D eigenvalue weighted by atomic mass is 10.0. The van der Waals surface area contributed by atoms with E-state index in [4.69, 9.17) is 4.74 Å². The zero-order chi connectivity index (χ0) is 26.4. The number of hydrogen-bond donors (Lipinski definition) is 0. The van der Waals surface area contributed by atoms with Gasteiger partial charge in [0.05, 0.1) is 7.11 Å². The first kappa shape index (κ1) is 24.3. The molecular formula is C37H29NO. The molecule has 0 aliphatic heterocycles. The number of ether oxygens (including phenoxy) is 1. The van der Waals surface area contributed by atoms with Crippen molar-refractivity contribution in [3.05, 3.63) is 158 Å². The van der Waals surface area contributed by atoms with E-state index in [-0.39, 0.29) is 0 Å². The maximum atomic E-state index is 5.60. The van der Waals surface area contributed by atoms with Gasteiger partial charge in [-0.25, -0.2) is 0 Å². The normalized spacial score (nSPS) is 10.7. The topological polar surface area (TPSA) is 12.5 Å². The predicted molar refractivity (Wildman–Crippen MR) is 164 cm³/mol. The van der Waals surface area contributed by atoms with Crippen molar-refractivity contribution in [3.63, 3.8) is 0 Å². The highest BCUT2D eigenvalue weighted by Crippen LogP contribution is 2.38. The number of nitrogens with zero attached hydrogens (tertiary/aromatic N) is 1. The molecule has 6 rings (SSSR count). The minimum absolute atomic E-state index is 0.870. The van der Waals surface area contributed by atoms with Crippen LogP contribution in [0.4, 0.5) is 17.1 Å². The molecule has 0 saturated heterocycles. The van der Waals surface area contributed by atoms with Crippen LogP contribution in [0.3, 0.4) is 0 Å². The fraction of sp³-hybridized carbons (Fsp3) is 0.0270. The Bertz CT molecular complexity index is 1560. The van der Waals surface area contributed by atoms with Gasteiger partial charge >= 0.3 is 0 Å². The molecule has 0 bridgehead atoms. The average molecular weight is 504 g/mol. The van der Waals surface area contributed by atoms with Gasteiger partial charge in [-0.2, -0.15) is 0 Å². The van der Waals surface area contributed by atoms with Crippen molar-refractivity contribution in [1.29, 1.82) is 0 Å². The van der Waals surface area contributed by atoms with Gasteiger partial charge in [0.1, 0.15) is 5.75 Å². The molecule has 188 valence electrons. The fourth-order valence-electron chi connectivity index (χ4n) is 4.99. The summed E-state index contributed by atoms with van der Waals surface area (Å²) in [5.41, 5.74) is 10.3. The van der Waals surface area contributed by atoms with Crippen molar-refractivity contribution >= 4 is 17.1 Å². The summed E-state index contributed by atoms with van der Waals surface area (Å²) < 4.78 is 5.60. The molecule has 39 heavy (non-hydrogen) atoms. The van der Waals surface area contributed by atoms with Gasteiger partial charge in [-0.15, -0.1) is 0 Å². The molecule has 2 nitrogen and oxygen atoms in total. The molecule has 0 unspecified atom stereocenters. The number of methoxy groups -OCH3 is 1. The molecule has 0 aromatic heterocycles. The van der Waals surface area contributed by atoms with Gasteiger partial charge in [0.2, 0.25) is 0 Å². The Labute approximate surface area is 230 Å². The van der Waals surface area contributed by atoms with Crippen LogP contribution in [-0.4, -0.2) is 7.11 Å². The summed E-state index contributed by atoms with van der Waals surface area (Å²) in [6.07, 6.45) is 0. The third-order valence-corrected chi connectivity index (χ3v) is 7.01. The highest BCUT2D eigenvalue weighted by molar-refractivity contribution is 5.81. The molecular weight excluding hydrogens is 474 g/mol. The maximum Gasteiger partial charge on any atom is 0.126 e. The van der Waals surface area contributed by atoms with Crippen molar-refractivity contribution in [2.45, 2.75) is 0 Å². The molecule has 0 spiro atoms. The monoisotopic (exact) mass is 503 g/mol. The van der Waals surface area contributed by atoms with E-state index in [0.29, 0.717) is 0 Å². The second-order valence-electron chi connectivity index (χ2n) is 9.41. The van der Waals surface area contributed by atoms with Crippen LogP contribution < -0.4 is 9.64 Å². The van der Waals surface area contributed by atoms with Crippen LogP contribution >= 0.6 is 0 Å². The Morgan fingerprint density at radius 1 is 0.359 bits per heavy atom. The first-order valence-electron chi connectivity index (χ1n) is 13.1. The van der Waals surface area contributed by atoms with E-state index < -0.39 is 0 Å². The second kappa shape index (κ2) is 11.1. The van der Waals surface area contributed by atoms with Gasteiger partial charge in [-0.05, 0) is 70.3 Å². The molecule has 0 aliphatic carbocycles. The minimum Gasteiger partial charge on any atom is -0.496 e. The van der Waals surface area contributed by atoms with E-state index in [2.05, 4.69) is 132 Å². The van der Waals surface area contributed by atoms with Gasteiger partial charge in [-0.3, -0.25) is 0 Å². The molecule has 0 fully saturated rings. The number of para-hydroxylation sites is 1. The lowest BCUT2D eigenvalue weighted by molar-refractivity contribution is 0.416. The molecule has 0 amide bonds. The average Bonchev–Trinajstić information content (AvgIpc) is 3.03. The summed E-state index contributed by atoms with van der Waals surface area (Å²) in [5.74, 6) is 0.870. The maximum absolute atomic E-state index is 5.60. The van der Waals surface area contributed by atoms with Gasteiger partial charge in [0, 0.05) is 22.6 Å². The standard InChI is InChI=1S/C37H29NO/c1-39-37-15-9-8-14-36(37)32-20-26-35(27-21-32)38(33-22-16-30(17-23-33)28-10-4-2-5-11-28)34-24-18-31(19-25-34)29-12-6-3-7-13-29/h2-27H,1H3. The first-order chi connectivity index (χ1) is 19.3. The Hall–Kier alpha value is -5.08. The predicted octanol–water partition coefficient (Wildman–Crippen LogP) is 10.2. The van der Waals surface area contributed by atoms with E-state index in [1.165, 1.54) is 22.3 Å². The molecule has 0 atom stereocenters. The fourth-order valence-corrected chi connectivity index (χ4v) is 4.99. The Morgan fingerprint density at radius 2 is 0.718 bits per heavy atom. The molecule has 0 radical (unpaired) electrons. The van der Waals surface area contributed by atoms with Gasteiger partial charge in [0.25, 0.3) is 0 Å². The quantitative estimate of drug-likeness (QED) is 0.215. The summed E-state index contributed by atoms with van der Waals surface area (Å²) in [6.45, 7) is 0. The molecule has 2 heteroatoms. The van der Waals surface area contributed by atoms with Crippen molar-refractivity contribution in [3.8, 4) is 39.1 Å². The van der Waals surface area contributed by atoms with Crippen LogP contribution in [0.15, 0.2) is 158 Å². The van der Waals surface area contributed by atoms with Crippen LogP contribution in [0.2, 0.25) is 0 Å². The molecule has 0 saturated carbocycles. The zero-order valence-electron chi connectivity index (χ0n) is 21.9. The van der Waals surface area contributed by atoms with Crippen molar-refractivity contribution in [1.82, 2.24) is 0 Å². The Balaban J connectivity index is 1.39. The van der Waals surface area contributed by atoms with Crippen LogP contribution in [0, 0.1) is 0 Å². The number of benzene rings is 6. The summed E-state index contributed by atoms with van der Waals surface area (Å²) in [6, 6.07) is 55.4. The van der Waals surface area contributed by atoms with Crippen molar-refractivity contribution < 1.29 is 4.74 Å². The summed E-state index contributed by atoms with van der Waals surface area (Å²) in [4.78, 5) is 2.30. The molecule has 6 aromatic carbocycles. The van der Waals surface area contributed by atoms with Crippen LogP contribution in [0.25, 0.3) is 33.4 Å². The van der Waals surface area contributed by atoms with E-state index in [0.717, 1.165) is 33.9 Å². The molecule has 0 heterocycles. The highest BCUT2D eigenvalue weighted by Gasteiger charge is 2.14. The third kappa shape index (κ3) is 5.18. The van der Waals surface area contributed by atoms with E-state index in [9.17, 15) is 0 Å². The molecule has 0 N–H and O–H groups in total. The van der Waals surface area contributed by atoms with E-state index in [1.54, 1.807) is 7.11 Å². The highest BCUT2D eigenvalue weighted by atomic mass is 16.5. The lowest BCUT2D eigenvalue weighted by Crippen LogP contribution is -2.09. The van der Waals surface area contributed by atoms with E-state index >= 15 is 0 Å². The number of rotatable bonds is 7. The SMILES string of the molecule is COc1ccccc1-c1ccc(N(c2ccc(-c3ccccc3)cc2)c2ccc(-c3ccccc3)cc2)cc1. The number of hydrogen-bond acceptors (Lipinski definition) is 2. The number of anilines is 3. The minimum atomic E-state index is 0.870. The van der Waals surface area contributed by atoms with Crippen molar-refractivity contribution in [2.24, 2.45) is 0 Å². The molecule has 0 aliphatic rings. The molecule has 6 aromatic rings. The first-order valence-corrected chi connectivity index (χ1v) is 13.1. The van der Waals surface area contributed by atoms with Crippen LogP contribution in [0.5, 0.6) is 5.75 Å². The third-order valence-electron chi connectivity index (χ3n) is 7.01. The Morgan fingerprint density at radius 3 is 1.15 bits per heavy atom.